The summed E-state index contributed by atoms with van der Waals surface area (Å²) in [6, 6.07) is 4.18. The van der Waals surface area contributed by atoms with Gasteiger partial charge in [0, 0.05) is 22.9 Å². The summed E-state index contributed by atoms with van der Waals surface area (Å²) < 4.78 is 6.44. The Morgan fingerprint density at radius 2 is 1.89 bits per heavy atom. The minimum absolute atomic E-state index is 0.769. The zero-order valence-corrected chi connectivity index (χ0v) is 12.7. The van der Waals surface area contributed by atoms with Crippen LogP contribution in [0.25, 0.3) is 11.0 Å². The fraction of sp³-hybridized carbons (Fsp3) is 0.429. The smallest absolute Gasteiger partial charge is 0.162 e. The first-order valence-corrected chi connectivity index (χ1v) is 7.22. The maximum absolute atomic E-state index is 5.37. The summed E-state index contributed by atoms with van der Waals surface area (Å²) in [5.74, 6) is 0.990. The van der Waals surface area contributed by atoms with Crippen LogP contribution in [0.1, 0.15) is 11.3 Å². The van der Waals surface area contributed by atoms with Crippen LogP contribution in [-0.2, 0) is 4.74 Å². The van der Waals surface area contributed by atoms with Crippen molar-refractivity contribution in [2.45, 2.75) is 13.8 Å². The van der Waals surface area contributed by atoms with Gasteiger partial charge in [0.15, 0.2) is 5.65 Å². The first-order chi connectivity index (χ1) is 9.16. The zero-order chi connectivity index (χ0) is 13.4. The molecule has 1 fully saturated rings. The molecular formula is C14H16BrN3O. The molecule has 0 saturated carbocycles. The van der Waals surface area contributed by atoms with Gasteiger partial charge >= 0.3 is 0 Å². The number of pyridine rings is 2. The van der Waals surface area contributed by atoms with Gasteiger partial charge in [-0.2, -0.15) is 0 Å². The molecule has 0 atom stereocenters. The summed E-state index contributed by atoms with van der Waals surface area (Å²) in [5.41, 5.74) is 3.00. The van der Waals surface area contributed by atoms with Crippen LogP contribution >= 0.6 is 15.9 Å². The van der Waals surface area contributed by atoms with E-state index in [0.29, 0.717) is 0 Å². The van der Waals surface area contributed by atoms with Crippen LogP contribution in [0, 0.1) is 13.8 Å². The van der Waals surface area contributed by atoms with Gasteiger partial charge in [-0.3, -0.25) is 0 Å². The van der Waals surface area contributed by atoms with Crippen molar-refractivity contribution < 1.29 is 4.74 Å². The van der Waals surface area contributed by atoms with Gasteiger partial charge in [-0.1, -0.05) is 0 Å². The van der Waals surface area contributed by atoms with Gasteiger partial charge in [0.2, 0.25) is 0 Å². The number of aromatic nitrogens is 2. The Morgan fingerprint density at radius 1 is 1.16 bits per heavy atom. The first-order valence-electron chi connectivity index (χ1n) is 6.43. The highest BCUT2D eigenvalue weighted by molar-refractivity contribution is 9.10. The molecule has 19 heavy (non-hydrogen) atoms. The van der Waals surface area contributed by atoms with Gasteiger partial charge in [-0.25, -0.2) is 9.97 Å². The summed E-state index contributed by atoms with van der Waals surface area (Å²) in [4.78, 5) is 11.5. The Kier molecular flexibility index (Phi) is 3.41. The van der Waals surface area contributed by atoms with Gasteiger partial charge < -0.3 is 9.64 Å². The molecule has 4 nitrogen and oxygen atoms in total. The number of morpholine rings is 1. The molecular weight excluding hydrogens is 306 g/mol. The van der Waals surface area contributed by atoms with Gasteiger partial charge in [0.1, 0.15) is 5.82 Å². The van der Waals surface area contributed by atoms with E-state index in [1.807, 2.05) is 6.92 Å². The van der Waals surface area contributed by atoms with Crippen LogP contribution in [0.15, 0.2) is 16.6 Å². The molecule has 0 unspecified atom stereocenters. The van der Waals surface area contributed by atoms with Crippen LogP contribution in [0.4, 0.5) is 5.82 Å². The van der Waals surface area contributed by atoms with E-state index in [1.165, 1.54) is 5.56 Å². The number of ether oxygens (including phenoxy) is 1. The maximum Gasteiger partial charge on any atom is 0.162 e. The van der Waals surface area contributed by atoms with Crippen molar-refractivity contribution in [1.29, 1.82) is 0 Å². The van der Waals surface area contributed by atoms with Crippen LogP contribution in [0.5, 0.6) is 0 Å². The molecule has 1 aliphatic rings. The second-order valence-corrected chi connectivity index (χ2v) is 5.57. The zero-order valence-electron chi connectivity index (χ0n) is 11.1. The van der Waals surface area contributed by atoms with E-state index in [0.717, 1.165) is 53.3 Å². The van der Waals surface area contributed by atoms with Crippen molar-refractivity contribution >= 4 is 32.8 Å². The van der Waals surface area contributed by atoms with Crippen molar-refractivity contribution in [3.8, 4) is 0 Å². The van der Waals surface area contributed by atoms with E-state index in [2.05, 4.69) is 44.9 Å². The lowest BCUT2D eigenvalue weighted by Crippen LogP contribution is -2.36. The maximum atomic E-state index is 5.37. The first kappa shape index (κ1) is 12.8. The molecule has 0 aromatic carbocycles. The standard InChI is InChI=1S/C14H16BrN3O/c1-9-11-3-4-12(18-5-7-19-8-6-18)17-14(11)16-10(2)13(9)15/h3-4H,5-8H2,1-2H3. The SMILES string of the molecule is Cc1nc2nc(N3CCOCC3)ccc2c(C)c1Br. The third kappa shape index (κ3) is 2.32. The van der Waals surface area contributed by atoms with Gasteiger partial charge in [-0.15, -0.1) is 0 Å². The molecule has 5 heteroatoms. The predicted octanol–water partition coefficient (Wildman–Crippen LogP) is 2.85. The van der Waals surface area contributed by atoms with Crippen molar-refractivity contribution in [2.75, 3.05) is 31.2 Å². The van der Waals surface area contributed by atoms with Crippen LogP contribution in [-0.4, -0.2) is 36.3 Å². The van der Waals surface area contributed by atoms with Gasteiger partial charge in [0.05, 0.1) is 18.9 Å². The molecule has 0 bridgehead atoms. The second kappa shape index (κ2) is 5.06. The number of aryl methyl sites for hydroxylation is 2. The molecule has 0 aliphatic carbocycles. The predicted molar refractivity (Wildman–Crippen MR) is 79.7 cm³/mol. The Bertz CT molecular complexity index is 624. The van der Waals surface area contributed by atoms with Crippen molar-refractivity contribution in [3.05, 3.63) is 27.9 Å². The highest BCUT2D eigenvalue weighted by atomic mass is 79.9. The van der Waals surface area contributed by atoms with Crippen LogP contribution in [0.3, 0.4) is 0 Å². The monoisotopic (exact) mass is 321 g/mol. The molecule has 0 N–H and O–H groups in total. The number of nitrogens with zero attached hydrogens (tertiary/aromatic N) is 3. The fourth-order valence-electron chi connectivity index (χ4n) is 2.38. The summed E-state index contributed by atoms with van der Waals surface area (Å²) in [6.45, 7) is 7.42. The summed E-state index contributed by atoms with van der Waals surface area (Å²) in [6.07, 6.45) is 0. The highest BCUT2D eigenvalue weighted by Gasteiger charge is 2.14. The van der Waals surface area contributed by atoms with Gasteiger partial charge in [0.25, 0.3) is 0 Å². The van der Waals surface area contributed by atoms with E-state index >= 15 is 0 Å². The quantitative estimate of drug-likeness (QED) is 0.809. The summed E-state index contributed by atoms with van der Waals surface area (Å²) >= 11 is 3.58. The highest BCUT2D eigenvalue weighted by Crippen LogP contribution is 2.27. The number of hydrogen-bond acceptors (Lipinski definition) is 4. The number of hydrogen-bond donors (Lipinski definition) is 0. The third-order valence-electron chi connectivity index (χ3n) is 3.52. The van der Waals surface area contributed by atoms with Crippen molar-refractivity contribution in [1.82, 2.24) is 9.97 Å². The van der Waals surface area contributed by atoms with Crippen LogP contribution < -0.4 is 4.90 Å². The minimum Gasteiger partial charge on any atom is -0.378 e. The second-order valence-electron chi connectivity index (χ2n) is 4.78. The van der Waals surface area contributed by atoms with E-state index in [-0.39, 0.29) is 0 Å². The number of fused-ring (bicyclic) bond motifs is 1. The molecule has 1 saturated heterocycles. The molecule has 3 rings (SSSR count). The number of rotatable bonds is 1. The average molecular weight is 322 g/mol. The molecule has 0 spiro atoms. The molecule has 3 heterocycles. The molecule has 2 aromatic rings. The lowest BCUT2D eigenvalue weighted by molar-refractivity contribution is 0.122. The topological polar surface area (TPSA) is 38.2 Å². The molecule has 0 amide bonds. The Labute approximate surface area is 120 Å². The summed E-state index contributed by atoms with van der Waals surface area (Å²) in [7, 11) is 0. The van der Waals surface area contributed by atoms with Gasteiger partial charge in [-0.05, 0) is 47.5 Å². The molecule has 2 aromatic heterocycles. The Morgan fingerprint density at radius 3 is 2.63 bits per heavy atom. The van der Waals surface area contributed by atoms with E-state index in [1.54, 1.807) is 0 Å². The molecule has 0 radical (unpaired) electrons. The van der Waals surface area contributed by atoms with E-state index in [4.69, 9.17) is 9.72 Å². The number of halogens is 1. The van der Waals surface area contributed by atoms with Crippen molar-refractivity contribution in [2.24, 2.45) is 0 Å². The third-order valence-corrected chi connectivity index (χ3v) is 4.69. The van der Waals surface area contributed by atoms with Crippen LogP contribution in [0.2, 0.25) is 0 Å². The average Bonchev–Trinajstić information content (AvgIpc) is 2.45. The molecule has 100 valence electrons. The van der Waals surface area contributed by atoms with Crippen molar-refractivity contribution in [3.63, 3.8) is 0 Å². The normalized spacial score (nSPS) is 16.1. The number of anilines is 1. The van der Waals surface area contributed by atoms with E-state index in [9.17, 15) is 0 Å². The lowest BCUT2D eigenvalue weighted by atomic mass is 10.1. The summed E-state index contributed by atoms with van der Waals surface area (Å²) in [5, 5.41) is 1.11. The largest absolute Gasteiger partial charge is 0.378 e. The Hall–Kier alpha value is -1.20. The fourth-order valence-corrected chi connectivity index (χ4v) is 2.68. The Balaban J connectivity index is 2.08. The molecule has 1 aliphatic heterocycles. The minimum atomic E-state index is 0.769. The lowest BCUT2D eigenvalue weighted by Gasteiger charge is -2.27. The van der Waals surface area contributed by atoms with E-state index < -0.39 is 0 Å².